The first-order chi connectivity index (χ1) is 13.4. The van der Waals surface area contributed by atoms with Crippen LogP contribution in [0.2, 0.25) is 0 Å². The summed E-state index contributed by atoms with van der Waals surface area (Å²) in [6.07, 6.45) is 0.741. The van der Waals surface area contributed by atoms with Crippen LogP contribution in [0.3, 0.4) is 0 Å². The highest BCUT2D eigenvalue weighted by molar-refractivity contribution is 9.10. The highest BCUT2D eigenvalue weighted by atomic mass is 79.9. The monoisotopic (exact) mass is 528 g/mol. The van der Waals surface area contributed by atoms with Crippen LogP contribution in [-0.4, -0.2) is 37.9 Å². The SMILES string of the molecule is O=C1OCc2cc(Br)ccc2N1C1CCN(S(=O)(=O)c2ccc(Br)cc2)CC1. The number of carbonyl (C=O) groups is 1. The number of hydrogen-bond acceptors (Lipinski definition) is 4. The Hall–Kier alpha value is -1.42. The molecule has 0 saturated carbocycles. The minimum absolute atomic E-state index is 0.0934. The molecule has 0 unspecified atom stereocenters. The zero-order valence-corrected chi connectivity index (χ0v) is 18.8. The molecule has 0 radical (unpaired) electrons. The Balaban J connectivity index is 1.52. The molecule has 0 N–H and O–H groups in total. The predicted molar refractivity (Wildman–Crippen MR) is 113 cm³/mol. The van der Waals surface area contributed by atoms with Crippen molar-refractivity contribution in [2.24, 2.45) is 0 Å². The summed E-state index contributed by atoms with van der Waals surface area (Å²) in [5.74, 6) is 0. The lowest BCUT2D eigenvalue weighted by Crippen LogP contribution is -2.50. The molecular weight excluding hydrogens is 512 g/mol. The van der Waals surface area contributed by atoms with Gasteiger partial charge in [0.25, 0.3) is 0 Å². The quantitative estimate of drug-likeness (QED) is 0.586. The summed E-state index contributed by atoms with van der Waals surface area (Å²) in [7, 11) is -3.54. The predicted octanol–water partition coefficient (Wildman–Crippen LogP) is 4.52. The molecule has 2 aromatic carbocycles. The first kappa shape index (κ1) is 19.9. The van der Waals surface area contributed by atoms with E-state index in [0.717, 1.165) is 20.2 Å². The molecule has 1 amide bonds. The molecule has 4 rings (SSSR count). The summed E-state index contributed by atoms with van der Waals surface area (Å²) in [6.45, 7) is 0.971. The normalized spacial score (nSPS) is 18.6. The van der Waals surface area contributed by atoms with E-state index in [2.05, 4.69) is 31.9 Å². The molecule has 0 atom stereocenters. The van der Waals surface area contributed by atoms with Gasteiger partial charge in [-0.2, -0.15) is 4.31 Å². The van der Waals surface area contributed by atoms with Gasteiger partial charge in [-0.15, -0.1) is 0 Å². The van der Waals surface area contributed by atoms with Gasteiger partial charge in [0, 0.05) is 33.6 Å². The van der Waals surface area contributed by atoms with Crippen LogP contribution < -0.4 is 4.90 Å². The van der Waals surface area contributed by atoms with Crippen molar-refractivity contribution in [3.05, 3.63) is 57.0 Å². The fraction of sp³-hybridized carbons (Fsp3) is 0.316. The van der Waals surface area contributed by atoms with Crippen molar-refractivity contribution in [2.45, 2.75) is 30.4 Å². The topological polar surface area (TPSA) is 66.9 Å². The summed E-state index contributed by atoms with van der Waals surface area (Å²) in [6, 6.07) is 12.3. The van der Waals surface area contributed by atoms with Crippen LogP contribution in [0.25, 0.3) is 0 Å². The minimum atomic E-state index is -3.54. The van der Waals surface area contributed by atoms with Gasteiger partial charge >= 0.3 is 6.09 Å². The number of halogens is 2. The van der Waals surface area contributed by atoms with Gasteiger partial charge in [0.1, 0.15) is 6.61 Å². The summed E-state index contributed by atoms with van der Waals surface area (Å²) in [5, 5.41) is 0. The number of fused-ring (bicyclic) bond motifs is 1. The molecule has 2 aliphatic heterocycles. The fourth-order valence-corrected chi connectivity index (χ4v) is 5.80. The van der Waals surface area contributed by atoms with Crippen LogP contribution in [0.1, 0.15) is 18.4 Å². The van der Waals surface area contributed by atoms with Crippen molar-refractivity contribution in [3.63, 3.8) is 0 Å². The molecule has 0 spiro atoms. The Morgan fingerprint density at radius 1 is 0.964 bits per heavy atom. The van der Waals surface area contributed by atoms with Crippen molar-refractivity contribution in [1.82, 2.24) is 4.31 Å². The molecule has 0 aromatic heterocycles. The second kappa shape index (κ2) is 7.78. The first-order valence-electron chi connectivity index (χ1n) is 8.86. The molecule has 28 heavy (non-hydrogen) atoms. The van der Waals surface area contributed by atoms with E-state index in [9.17, 15) is 13.2 Å². The van der Waals surface area contributed by atoms with Crippen LogP contribution in [0.4, 0.5) is 10.5 Å². The number of rotatable bonds is 3. The van der Waals surface area contributed by atoms with Gasteiger partial charge in [-0.05, 0) is 55.3 Å². The van der Waals surface area contributed by atoms with E-state index in [1.54, 1.807) is 29.2 Å². The maximum atomic E-state index is 12.9. The molecule has 0 bridgehead atoms. The van der Waals surface area contributed by atoms with Crippen molar-refractivity contribution in [1.29, 1.82) is 0 Å². The molecule has 2 aliphatic rings. The number of sulfonamides is 1. The van der Waals surface area contributed by atoms with Gasteiger partial charge in [0.2, 0.25) is 10.0 Å². The van der Waals surface area contributed by atoms with Gasteiger partial charge in [-0.1, -0.05) is 31.9 Å². The Labute approximate surface area is 180 Å². The highest BCUT2D eigenvalue weighted by Crippen LogP contribution is 2.34. The van der Waals surface area contributed by atoms with Crippen LogP contribution in [0.15, 0.2) is 56.3 Å². The number of carbonyl (C=O) groups excluding carboxylic acids is 1. The molecule has 1 fully saturated rings. The van der Waals surface area contributed by atoms with Crippen molar-refractivity contribution >= 4 is 53.7 Å². The largest absolute Gasteiger partial charge is 0.444 e. The Morgan fingerprint density at radius 3 is 2.29 bits per heavy atom. The van der Waals surface area contributed by atoms with Gasteiger partial charge in [-0.3, -0.25) is 4.90 Å². The summed E-state index contributed by atoms with van der Waals surface area (Å²) >= 11 is 6.77. The first-order valence-corrected chi connectivity index (χ1v) is 11.9. The van der Waals surface area contributed by atoms with E-state index in [0.29, 0.717) is 25.9 Å². The van der Waals surface area contributed by atoms with E-state index in [-0.39, 0.29) is 23.6 Å². The number of ether oxygens (including phenoxy) is 1. The van der Waals surface area contributed by atoms with E-state index in [1.807, 2.05) is 18.2 Å². The minimum Gasteiger partial charge on any atom is -0.444 e. The van der Waals surface area contributed by atoms with E-state index >= 15 is 0 Å². The van der Waals surface area contributed by atoms with E-state index in [1.165, 1.54) is 4.31 Å². The third kappa shape index (κ3) is 3.72. The number of nitrogens with zero attached hydrogens (tertiary/aromatic N) is 2. The molecule has 2 heterocycles. The summed E-state index contributed by atoms with van der Waals surface area (Å²) in [4.78, 5) is 14.4. The molecular formula is C19H18Br2N2O4S. The van der Waals surface area contributed by atoms with E-state index in [4.69, 9.17) is 4.74 Å². The Bertz CT molecular complexity index is 1000. The van der Waals surface area contributed by atoms with Crippen LogP contribution >= 0.6 is 31.9 Å². The standard InChI is InChI=1S/C19H18Br2N2O4S/c20-14-1-4-17(5-2-14)28(25,26)22-9-7-16(8-10-22)23-18-6-3-15(21)11-13(18)12-27-19(23)24/h1-6,11,16H,7-10,12H2. The zero-order chi connectivity index (χ0) is 19.9. The summed E-state index contributed by atoms with van der Waals surface area (Å²) < 4.78 is 34.3. The fourth-order valence-electron chi connectivity index (χ4n) is 3.65. The van der Waals surface area contributed by atoms with E-state index < -0.39 is 10.0 Å². The molecule has 9 heteroatoms. The maximum absolute atomic E-state index is 12.9. The average molecular weight is 530 g/mol. The zero-order valence-electron chi connectivity index (χ0n) is 14.8. The molecule has 0 aliphatic carbocycles. The van der Waals surface area contributed by atoms with Crippen LogP contribution in [-0.2, 0) is 21.4 Å². The van der Waals surface area contributed by atoms with Gasteiger partial charge in [0.15, 0.2) is 0 Å². The number of hydrogen-bond donors (Lipinski definition) is 0. The van der Waals surface area contributed by atoms with Crippen molar-refractivity contribution in [2.75, 3.05) is 18.0 Å². The molecule has 1 saturated heterocycles. The van der Waals surface area contributed by atoms with Crippen LogP contribution in [0, 0.1) is 0 Å². The lowest BCUT2D eigenvalue weighted by molar-refractivity contribution is 0.135. The number of anilines is 1. The maximum Gasteiger partial charge on any atom is 0.414 e. The van der Waals surface area contributed by atoms with Gasteiger partial charge in [-0.25, -0.2) is 13.2 Å². The third-order valence-electron chi connectivity index (χ3n) is 5.09. The second-order valence-corrected chi connectivity index (χ2v) is 10.6. The molecule has 2 aromatic rings. The Morgan fingerprint density at radius 2 is 1.61 bits per heavy atom. The molecule has 6 nitrogen and oxygen atoms in total. The smallest absolute Gasteiger partial charge is 0.414 e. The van der Waals surface area contributed by atoms with Crippen LogP contribution in [0.5, 0.6) is 0 Å². The number of cyclic esters (lactones) is 1. The number of piperidine rings is 1. The number of amides is 1. The van der Waals surface area contributed by atoms with Crippen molar-refractivity contribution in [3.8, 4) is 0 Å². The summed E-state index contributed by atoms with van der Waals surface area (Å²) in [5.41, 5.74) is 1.78. The molecule has 148 valence electrons. The average Bonchev–Trinajstić information content (AvgIpc) is 2.68. The third-order valence-corrected chi connectivity index (χ3v) is 8.02. The second-order valence-electron chi connectivity index (χ2n) is 6.79. The lowest BCUT2D eigenvalue weighted by atomic mass is 10.0. The van der Waals surface area contributed by atoms with Crippen molar-refractivity contribution < 1.29 is 17.9 Å². The lowest BCUT2D eigenvalue weighted by Gasteiger charge is -2.39. The van der Waals surface area contributed by atoms with Gasteiger partial charge < -0.3 is 4.74 Å². The highest BCUT2D eigenvalue weighted by Gasteiger charge is 2.37. The van der Waals surface area contributed by atoms with Gasteiger partial charge in [0.05, 0.1) is 10.6 Å². The number of benzene rings is 2. The Kier molecular flexibility index (Phi) is 5.52.